The lowest BCUT2D eigenvalue weighted by Crippen LogP contribution is -2.85. The highest BCUT2D eigenvalue weighted by Gasteiger charge is 2.54. The fraction of sp³-hybridized carbons (Fsp3) is 0.182. The smallest absolute Gasteiger partial charge is 0.387 e. The minimum absolute atomic E-state index is 0.0428. The van der Waals surface area contributed by atoms with Gasteiger partial charge >= 0.3 is 18.5 Å². The van der Waals surface area contributed by atoms with Gasteiger partial charge in [-0.3, -0.25) is 15.5 Å². The Balaban J connectivity index is 1.90. The van der Waals surface area contributed by atoms with Crippen molar-refractivity contribution in [3.8, 4) is 16.9 Å². The predicted octanol–water partition coefficient (Wildman–Crippen LogP) is 1.16. The van der Waals surface area contributed by atoms with Crippen LogP contribution in [0, 0.1) is 6.92 Å². The number of halogens is 2. The van der Waals surface area contributed by atoms with E-state index in [1.165, 1.54) is 11.0 Å². The number of amides is 1. The van der Waals surface area contributed by atoms with E-state index in [4.69, 9.17) is 5.73 Å². The molecule has 0 spiro atoms. The molecule has 9 heteroatoms. The van der Waals surface area contributed by atoms with E-state index in [2.05, 4.69) is 19.9 Å². The standard InChI is InChI=1S/C22H19F2N5O2/c1-13-10-17(6-7-18(13)31-20(23)24)22(19(30)29(2)21(25)28-22)16-5-3-4-14(11-16)15-8-9-26-27-12-15/h3-12,20H,1-2H3,(H2,25,28)/p+1. The number of guanidine groups is 1. The lowest BCUT2D eigenvalue weighted by atomic mass is 9.81. The Morgan fingerprint density at radius 3 is 2.48 bits per heavy atom. The SMILES string of the molecule is Cc1cc(C2(c3cccc(-c4ccnnc4)c3)[NH+]=C(N)N(C)C2=O)ccc1OC(F)F. The molecule has 0 fully saturated rings. The molecular formula is C22H20F2N5O2+. The first-order valence-electron chi connectivity index (χ1n) is 9.45. The van der Waals surface area contributed by atoms with Crippen LogP contribution in [-0.4, -0.2) is 40.6 Å². The van der Waals surface area contributed by atoms with Gasteiger partial charge in [-0.1, -0.05) is 24.3 Å². The summed E-state index contributed by atoms with van der Waals surface area (Å²) in [6, 6.07) is 13.9. The van der Waals surface area contributed by atoms with Gasteiger partial charge < -0.3 is 4.74 Å². The van der Waals surface area contributed by atoms with E-state index in [0.29, 0.717) is 16.7 Å². The summed E-state index contributed by atoms with van der Waals surface area (Å²) in [5.41, 5.74) is 8.07. The Morgan fingerprint density at radius 2 is 1.87 bits per heavy atom. The Kier molecular flexibility index (Phi) is 5.10. The average Bonchev–Trinajstić information content (AvgIpc) is 3.00. The Hall–Kier alpha value is -3.88. The number of alkyl halides is 2. The Morgan fingerprint density at radius 1 is 1.10 bits per heavy atom. The van der Waals surface area contributed by atoms with Crippen molar-refractivity contribution in [1.29, 1.82) is 0 Å². The van der Waals surface area contributed by atoms with Gasteiger partial charge in [-0.15, -0.1) is 0 Å². The first kappa shape index (κ1) is 20.4. The highest BCUT2D eigenvalue weighted by Crippen LogP contribution is 2.34. The number of nitrogens with one attached hydrogen (secondary N) is 1. The van der Waals surface area contributed by atoms with Gasteiger partial charge in [0.15, 0.2) is 0 Å². The number of nitrogens with zero attached hydrogens (tertiary/aromatic N) is 3. The summed E-state index contributed by atoms with van der Waals surface area (Å²) in [6.45, 7) is -1.30. The lowest BCUT2D eigenvalue weighted by molar-refractivity contribution is -0.525. The lowest BCUT2D eigenvalue weighted by Gasteiger charge is -2.25. The first-order valence-corrected chi connectivity index (χ1v) is 9.45. The van der Waals surface area contributed by atoms with Crippen molar-refractivity contribution in [3.63, 3.8) is 0 Å². The maximum atomic E-state index is 13.4. The van der Waals surface area contributed by atoms with Crippen molar-refractivity contribution in [2.24, 2.45) is 5.73 Å². The maximum absolute atomic E-state index is 13.4. The number of rotatable bonds is 5. The highest BCUT2D eigenvalue weighted by atomic mass is 19.3. The van der Waals surface area contributed by atoms with E-state index in [0.717, 1.165) is 11.1 Å². The summed E-state index contributed by atoms with van der Waals surface area (Å²) in [6.07, 6.45) is 3.21. The van der Waals surface area contributed by atoms with Crippen molar-refractivity contribution in [2.45, 2.75) is 19.1 Å². The van der Waals surface area contributed by atoms with Gasteiger partial charge in [0.25, 0.3) is 0 Å². The molecule has 0 bridgehead atoms. The molecule has 1 aliphatic heterocycles. The van der Waals surface area contributed by atoms with Crippen molar-refractivity contribution in [3.05, 3.63) is 77.6 Å². The average molecular weight is 424 g/mol. The zero-order valence-electron chi connectivity index (χ0n) is 16.8. The molecule has 0 saturated carbocycles. The van der Waals surface area contributed by atoms with Crippen LogP contribution >= 0.6 is 0 Å². The molecule has 1 atom stereocenters. The molecule has 1 aliphatic rings. The molecule has 3 aromatic rings. The van der Waals surface area contributed by atoms with Gasteiger partial charge in [-0.25, -0.2) is 4.90 Å². The molecule has 3 N–H and O–H groups in total. The third-order valence-corrected chi connectivity index (χ3v) is 5.34. The molecule has 1 unspecified atom stereocenters. The molecule has 4 rings (SSSR count). The molecule has 0 radical (unpaired) electrons. The fourth-order valence-corrected chi connectivity index (χ4v) is 3.75. The second-order valence-electron chi connectivity index (χ2n) is 7.20. The fourth-order valence-electron chi connectivity index (χ4n) is 3.75. The third-order valence-electron chi connectivity index (χ3n) is 5.34. The van der Waals surface area contributed by atoms with Crippen LogP contribution in [0.3, 0.4) is 0 Å². The van der Waals surface area contributed by atoms with E-state index in [1.54, 1.807) is 38.5 Å². The summed E-state index contributed by atoms with van der Waals surface area (Å²) >= 11 is 0. The van der Waals surface area contributed by atoms with Crippen molar-refractivity contribution < 1.29 is 23.3 Å². The number of benzene rings is 2. The second-order valence-corrected chi connectivity index (χ2v) is 7.20. The molecule has 158 valence electrons. The summed E-state index contributed by atoms with van der Waals surface area (Å²) in [4.78, 5) is 17.9. The van der Waals surface area contributed by atoms with Gasteiger partial charge in [0.05, 0.1) is 19.4 Å². The maximum Gasteiger partial charge on any atom is 0.387 e. The molecule has 0 aliphatic carbocycles. The Labute approximate surface area is 177 Å². The van der Waals surface area contributed by atoms with Crippen LogP contribution in [0.25, 0.3) is 11.1 Å². The monoisotopic (exact) mass is 424 g/mol. The van der Waals surface area contributed by atoms with Gasteiger partial charge in [-0.05, 0) is 42.3 Å². The van der Waals surface area contributed by atoms with Crippen LogP contribution in [-0.2, 0) is 10.3 Å². The molecule has 1 aromatic heterocycles. The number of ether oxygens (including phenoxy) is 1. The van der Waals surface area contributed by atoms with Crippen molar-refractivity contribution >= 4 is 11.9 Å². The number of aryl methyl sites for hydroxylation is 1. The minimum atomic E-state index is -2.94. The van der Waals surface area contributed by atoms with Gasteiger partial charge in [0.1, 0.15) is 5.75 Å². The number of carbonyl (C=O) groups excluding carboxylic acids is 1. The number of nitrogens with two attached hydrogens (primary N) is 1. The summed E-state index contributed by atoms with van der Waals surface area (Å²) in [7, 11) is 1.57. The molecule has 7 nitrogen and oxygen atoms in total. The number of hydrogen-bond acceptors (Lipinski definition) is 5. The number of likely N-dealkylation sites (N-methyl/N-ethyl adjacent to an activating group) is 1. The van der Waals surface area contributed by atoms with E-state index in [-0.39, 0.29) is 17.6 Å². The molecule has 0 saturated heterocycles. The van der Waals surface area contributed by atoms with Gasteiger partial charge in [-0.2, -0.15) is 19.0 Å². The van der Waals surface area contributed by atoms with Crippen LogP contribution in [0.2, 0.25) is 0 Å². The Bertz CT molecular complexity index is 1170. The minimum Gasteiger partial charge on any atom is -0.435 e. The number of carbonyl (C=O) groups is 1. The normalized spacial score (nSPS) is 18.4. The summed E-state index contributed by atoms with van der Waals surface area (Å²) < 4.78 is 29.9. The van der Waals surface area contributed by atoms with Crippen LogP contribution in [0.4, 0.5) is 8.78 Å². The van der Waals surface area contributed by atoms with Crippen LogP contribution in [0.15, 0.2) is 60.9 Å². The number of aromatic nitrogens is 2. The van der Waals surface area contributed by atoms with E-state index >= 15 is 0 Å². The quantitative estimate of drug-likeness (QED) is 0.641. The van der Waals surface area contributed by atoms with E-state index in [9.17, 15) is 13.6 Å². The van der Waals surface area contributed by atoms with Crippen LogP contribution < -0.4 is 15.5 Å². The zero-order chi connectivity index (χ0) is 22.2. The second kappa shape index (κ2) is 7.75. The molecular weight excluding hydrogens is 404 g/mol. The predicted molar refractivity (Wildman–Crippen MR) is 109 cm³/mol. The molecule has 2 heterocycles. The highest BCUT2D eigenvalue weighted by molar-refractivity contribution is 6.03. The summed E-state index contributed by atoms with van der Waals surface area (Å²) in [5.74, 6) is -0.0651. The van der Waals surface area contributed by atoms with E-state index in [1.807, 2.05) is 30.3 Å². The molecule has 2 aromatic carbocycles. The van der Waals surface area contributed by atoms with Gasteiger partial charge in [0.2, 0.25) is 5.54 Å². The van der Waals surface area contributed by atoms with Crippen molar-refractivity contribution in [1.82, 2.24) is 15.1 Å². The zero-order valence-corrected chi connectivity index (χ0v) is 16.8. The molecule has 31 heavy (non-hydrogen) atoms. The largest absolute Gasteiger partial charge is 0.435 e. The third kappa shape index (κ3) is 3.48. The topological polar surface area (TPSA) is 95.3 Å². The first-order chi connectivity index (χ1) is 14.8. The van der Waals surface area contributed by atoms with E-state index < -0.39 is 12.2 Å². The summed E-state index contributed by atoms with van der Waals surface area (Å²) in [5, 5.41) is 7.70. The van der Waals surface area contributed by atoms with Crippen LogP contribution in [0.1, 0.15) is 16.7 Å². The van der Waals surface area contributed by atoms with Gasteiger partial charge in [0, 0.05) is 16.7 Å². The van der Waals surface area contributed by atoms with Crippen LogP contribution in [0.5, 0.6) is 5.75 Å². The molecule has 1 amide bonds. The number of hydrogen-bond donors (Lipinski definition) is 2. The van der Waals surface area contributed by atoms with Crippen molar-refractivity contribution in [2.75, 3.05) is 7.05 Å².